The van der Waals surface area contributed by atoms with Crippen molar-refractivity contribution in [3.05, 3.63) is 35.4 Å². The zero-order chi connectivity index (χ0) is 15.1. The molecule has 1 rings (SSSR count). The molecule has 5 nitrogen and oxygen atoms in total. The maximum atomic E-state index is 11.1. The molecule has 1 unspecified atom stereocenters. The lowest BCUT2D eigenvalue weighted by Crippen LogP contribution is -2.43. The number of nitrogens with zero attached hydrogens (tertiary/aromatic N) is 1. The van der Waals surface area contributed by atoms with E-state index in [0.29, 0.717) is 24.1 Å². The van der Waals surface area contributed by atoms with Crippen LogP contribution in [-0.4, -0.2) is 25.0 Å². The van der Waals surface area contributed by atoms with Gasteiger partial charge in [0.1, 0.15) is 0 Å². The molecule has 5 heteroatoms. The smallest absolute Gasteiger partial charge is 0.248 e. The first kappa shape index (κ1) is 16.0. The average molecular weight is 276 g/mol. The maximum Gasteiger partial charge on any atom is 0.248 e. The van der Waals surface area contributed by atoms with Crippen LogP contribution in [0.5, 0.6) is 0 Å². The van der Waals surface area contributed by atoms with Crippen molar-refractivity contribution in [2.75, 3.05) is 7.05 Å². The van der Waals surface area contributed by atoms with Crippen LogP contribution in [0.25, 0.3) is 0 Å². The van der Waals surface area contributed by atoms with Gasteiger partial charge in [-0.15, -0.1) is 0 Å². The molecule has 0 saturated heterocycles. The number of benzene rings is 1. The Morgan fingerprint density at radius 3 is 2.60 bits per heavy atom. The Labute approximate surface area is 120 Å². The van der Waals surface area contributed by atoms with Gasteiger partial charge in [-0.25, -0.2) is 0 Å². The van der Waals surface area contributed by atoms with Gasteiger partial charge in [0.2, 0.25) is 5.91 Å². The van der Waals surface area contributed by atoms with Gasteiger partial charge < -0.3 is 16.4 Å². The van der Waals surface area contributed by atoms with Crippen molar-refractivity contribution in [3.63, 3.8) is 0 Å². The number of amides is 1. The third kappa shape index (κ3) is 4.91. The molecule has 0 aromatic heterocycles. The molecule has 1 amide bonds. The Kier molecular flexibility index (Phi) is 6.03. The fourth-order valence-electron chi connectivity index (χ4n) is 1.60. The summed E-state index contributed by atoms with van der Waals surface area (Å²) in [5, 5.41) is 6.55. The Balaban J connectivity index is 2.61. The minimum atomic E-state index is -0.414. The third-order valence-corrected chi connectivity index (χ3v) is 3.26. The fourth-order valence-corrected chi connectivity index (χ4v) is 1.60. The highest BCUT2D eigenvalue weighted by Gasteiger charge is 2.09. The first-order valence-corrected chi connectivity index (χ1v) is 6.80. The number of hydrogen-bond donors (Lipinski definition) is 3. The summed E-state index contributed by atoms with van der Waals surface area (Å²) >= 11 is 0. The number of carbonyl (C=O) groups is 1. The van der Waals surface area contributed by atoms with Crippen molar-refractivity contribution in [1.29, 1.82) is 0 Å². The molecule has 1 aromatic carbocycles. The number of rotatable bonds is 5. The molecule has 0 fully saturated rings. The lowest BCUT2D eigenvalue weighted by Gasteiger charge is -2.20. The van der Waals surface area contributed by atoms with Crippen molar-refractivity contribution >= 4 is 11.9 Å². The Morgan fingerprint density at radius 1 is 1.35 bits per heavy atom. The zero-order valence-electron chi connectivity index (χ0n) is 12.6. The predicted octanol–water partition coefficient (Wildman–Crippen LogP) is 1.49. The topological polar surface area (TPSA) is 79.5 Å². The van der Waals surface area contributed by atoms with Gasteiger partial charge in [0, 0.05) is 25.2 Å². The highest BCUT2D eigenvalue weighted by molar-refractivity contribution is 5.92. The van der Waals surface area contributed by atoms with E-state index >= 15 is 0 Å². The standard InChI is InChI=1S/C15H24N4O/c1-10(2)11(3)19-15(17-4)18-9-12-6-5-7-13(8-12)14(16)20/h5-8,10-11H,9H2,1-4H3,(H2,16,20)(H2,17,18,19). The Morgan fingerprint density at radius 2 is 2.05 bits per heavy atom. The average Bonchev–Trinajstić information content (AvgIpc) is 2.43. The number of aliphatic imine (C=N–C) groups is 1. The molecule has 1 atom stereocenters. The minimum Gasteiger partial charge on any atom is -0.366 e. The van der Waals surface area contributed by atoms with Crippen LogP contribution in [0.2, 0.25) is 0 Å². The van der Waals surface area contributed by atoms with Crippen molar-refractivity contribution < 1.29 is 4.79 Å². The van der Waals surface area contributed by atoms with E-state index in [-0.39, 0.29) is 0 Å². The van der Waals surface area contributed by atoms with Crippen LogP contribution < -0.4 is 16.4 Å². The second-order valence-electron chi connectivity index (χ2n) is 5.17. The summed E-state index contributed by atoms with van der Waals surface area (Å²) in [5.41, 5.74) is 6.77. The van der Waals surface area contributed by atoms with Gasteiger partial charge in [-0.1, -0.05) is 26.0 Å². The second kappa shape index (κ2) is 7.53. The lowest BCUT2D eigenvalue weighted by atomic mass is 10.1. The molecule has 0 saturated carbocycles. The molecule has 110 valence electrons. The molecule has 0 aliphatic heterocycles. The van der Waals surface area contributed by atoms with Gasteiger partial charge in [-0.3, -0.25) is 9.79 Å². The first-order valence-electron chi connectivity index (χ1n) is 6.80. The maximum absolute atomic E-state index is 11.1. The third-order valence-electron chi connectivity index (χ3n) is 3.26. The van der Waals surface area contributed by atoms with E-state index in [1.54, 1.807) is 19.2 Å². The second-order valence-corrected chi connectivity index (χ2v) is 5.17. The Bertz CT molecular complexity index is 483. The summed E-state index contributed by atoms with van der Waals surface area (Å²) in [6.07, 6.45) is 0. The van der Waals surface area contributed by atoms with Crippen molar-refractivity contribution in [2.45, 2.75) is 33.4 Å². The van der Waals surface area contributed by atoms with Crippen molar-refractivity contribution in [2.24, 2.45) is 16.6 Å². The van der Waals surface area contributed by atoms with E-state index in [1.165, 1.54) is 0 Å². The number of carbonyl (C=O) groups excluding carboxylic acids is 1. The van der Waals surface area contributed by atoms with Gasteiger partial charge in [0.05, 0.1) is 0 Å². The fraction of sp³-hybridized carbons (Fsp3) is 0.467. The number of guanidine groups is 1. The molecule has 0 aliphatic rings. The van der Waals surface area contributed by atoms with E-state index in [9.17, 15) is 4.79 Å². The van der Waals surface area contributed by atoms with Crippen molar-refractivity contribution in [1.82, 2.24) is 10.6 Å². The van der Waals surface area contributed by atoms with E-state index in [0.717, 1.165) is 11.5 Å². The number of primary amides is 1. The van der Waals surface area contributed by atoms with Gasteiger partial charge in [0.25, 0.3) is 0 Å². The van der Waals surface area contributed by atoms with Gasteiger partial charge in [-0.05, 0) is 30.5 Å². The first-order chi connectivity index (χ1) is 9.43. The van der Waals surface area contributed by atoms with Crippen LogP contribution in [0, 0.1) is 5.92 Å². The quantitative estimate of drug-likeness (QED) is 0.563. The van der Waals surface area contributed by atoms with Crippen LogP contribution in [0.1, 0.15) is 36.7 Å². The van der Waals surface area contributed by atoms with Crippen LogP contribution >= 0.6 is 0 Å². The number of hydrogen-bond acceptors (Lipinski definition) is 2. The van der Waals surface area contributed by atoms with E-state index < -0.39 is 5.91 Å². The molecule has 0 radical (unpaired) electrons. The van der Waals surface area contributed by atoms with E-state index in [1.807, 2.05) is 12.1 Å². The van der Waals surface area contributed by atoms with Crippen LogP contribution in [-0.2, 0) is 6.54 Å². The molecule has 0 heterocycles. The van der Waals surface area contributed by atoms with Crippen LogP contribution in [0.4, 0.5) is 0 Å². The Hall–Kier alpha value is -2.04. The molecule has 4 N–H and O–H groups in total. The van der Waals surface area contributed by atoms with Gasteiger partial charge in [0.15, 0.2) is 5.96 Å². The summed E-state index contributed by atoms with van der Waals surface area (Å²) in [7, 11) is 1.74. The molecule has 20 heavy (non-hydrogen) atoms. The summed E-state index contributed by atoms with van der Waals surface area (Å²) in [5.74, 6) is 0.852. The van der Waals surface area contributed by atoms with Gasteiger partial charge >= 0.3 is 0 Å². The SMILES string of the molecule is CN=C(NCc1cccc(C(N)=O)c1)NC(C)C(C)C. The molecular weight excluding hydrogens is 252 g/mol. The highest BCUT2D eigenvalue weighted by Crippen LogP contribution is 2.04. The summed E-state index contributed by atoms with van der Waals surface area (Å²) in [6, 6.07) is 7.59. The number of nitrogens with one attached hydrogen (secondary N) is 2. The lowest BCUT2D eigenvalue weighted by molar-refractivity contribution is 0.1000. The monoisotopic (exact) mass is 276 g/mol. The number of nitrogens with two attached hydrogens (primary N) is 1. The molecule has 0 spiro atoms. The van der Waals surface area contributed by atoms with E-state index in [2.05, 4.69) is 36.4 Å². The molecular formula is C15H24N4O. The van der Waals surface area contributed by atoms with Crippen LogP contribution in [0.15, 0.2) is 29.3 Å². The molecule has 0 bridgehead atoms. The van der Waals surface area contributed by atoms with Gasteiger partial charge in [-0.2, -0.15) is 0 Å². The minimum absolute atomic E-state index is 0.332. The van der Waals surface area contributed by atoms with Crippen molar-refractivity contribution in [3.8, 4) is 0 Å². The summed E-state index contributed by atoms with van der Waals surface area (Å²) in [4.78, 5) is 15.3. The largest absolute Gasteiger partial charge is 0.366 e. The highest BCUT2D eigenvalue weighted by atomic mass is 16.1. The predicted molar refractivity (Wildman–Crippen MR) is 82.6 cm³/mol. The van der Waals surface area contributed by atoms with Crippen LogP contribution in [0.3, 0.4) is 0 Å². The molecule has 0 aliphatic carbocycles. The normalized spacial score (nSPS) is 13.2. The summed E-state index contributed by atoms with van der Waals surface area (Å²) in [6.45, 7) is 7.01. The van der Waals surface area contributed by atoms with E-state index in [4.69, 9.17) is 5.73 Å². The zero-order valence-corrected chi connectivity index (χ0v) is 12.6. The molecule has 1 aromatic rings. The summed E-state index contributed by atoms with van der Waals surface area (Å²) < 4.78 is 0.